The van der Waals surface area contributed by atoms with Crippen molar-refractivity contribution in [2.75, 3.05) is 19.8 Å². The molecule has 0 aromatic rings. The molecular formula is C28H54O5. The van der Waals surface area contributed by atoms with E-state index in [0.29, 0.717) is 19.6 Å². The molecule has 0 spiro atoms. The number of hydrogen-bond donors (Lipinski definition) is 1. The van der Waals surface area contributed by atoms with Gasteiger partial charge in [0.25, 0.3) is 0 Å². The Labute approximate surface area is 204 Å². The third kappa shape index (κ3) is 17.1. The van der Waals surface area contributed by atoms with Gasteiger partial charge >= 0.3 is 11.9 Å². The van der Waals surface area contributed by atoms with Gasteiger partial charge in [0, 0.05) is 6.61 Å². The van der Waals surface area contributed by atoms with Crippen LogP contribution in [0.4, 0.5) is 0 Å². The van der Waals surface area contributed by atoms with E-state index in [1.54, 1.807) is 6.92 Å². The highest BCUT2D eigenvalue weighted by atomic mass is 16.6. The molecule has 0 saturated heterocycles. The lowest BCUT2D eigenvalue weighted by Gasteiger charge is -2.25. The summed E-state index contributed by atoms with van der Waals surface area (Å²) in [6.07, 6.45) is 19.9. The SMILES string of the molecule is CCCCCCCCCCOC(=O)C(C)(CCCCCCO)C(=O)OCCCCCCCC. The molecule has 1 unspecified atom stereocenters. The lowest BCUT2D eigenvalue weighted by atomic mass is 9.84. The monoisotopic (exact) mass is 470 g/mol. The fourth-order valence-electron chi connectivity index (χ4n) is 4.00. The molecule has 0 heterocycles. The number of hydrogen-bond acceptors (Lipinski definition) is 5. The second-order valence-corrected chi connectivity index (χ2v) is 9.73. The van der Waals surface area contributed by atoms with E-state index in [4.69, 9.17) is 14.6 Å². The third-order valence-corrected chi connectivity index (χ3v) is 6.45. The molecule has 0 amide bonds. The standard InChI is InChI=1S/C28H54O5/c1-4-6-8-10-12-13-17-21-25-33-27(31)28(3,22-18-14-15-19-23-29)26(30)32-24-20-16-11-9-7-5-2/h29H,4-25H2,1-3H3. The number of unbranched alkanes of at least 4 members (excludes halogenated alkanes) is 15. The Morgan fingerprint density at radius 1 is 0.576 bits per heavy atom. The fourth-order valence-corrected chi connectivity index (χ4v) is 4.00. The highest BCUT2D eigenvalue weighted by Crippen LogP contribution is 2.29. The van der Waals surface area contributed by atoms with E-state index in [1.165, 1.54) is 57.8 Å². The van der Waals surface area contributed by atoms with Crippen molar-refractivity contribution in [2.24, 2.45) is 5.41 Å². The van der Waals surface area contributed by atoms with Gasteiger partial charge in [-0.15, -0.1) is 0 Å². The smallest absolute Gasteiger partial charge is 0.323 e. The summed E-state index contributed by atoms with van der Waals surface area (Å²) in [7, 11) is 0. The van der Waals surface area contributed by atoms with Crippen LogP contribution in [0.15, 0.2) is 0 Å². The lowest BCUT2D eigenvalue weighted by Crippen LogP contribution is -2.39. The lowest BCUT2D eigenvalue weighted by molar-refractivity contribution is -0.172. The highest BCUT2D eigenvalue weighted by molar-refractivity contribution is 5.99. The molecule has 0 aromatic carbocycles. The number of aliphatic hydroxyl groups is 1. The van der Waals surface area contributed by atoms with E-state index >= 15 is 0 Å². The average Bonchev–Trinajstić information content (AvgIpc) is 2.81. The van der Waals surface area contributed by atoms with Crippen LogP contribution in [0.3, 0.4) is 0 Å². The van der Waals surface area contributed by atoms with E-state index in [9.17, 15) is 9.59 Å². The molecule has 5 heteroatoms. The first-order valence-corrected chi connectivity index (χ1v) is 14.0. The predicted molar refractivity (Wildman–Crippen MR) is 136 cm³/mol. The van der Waals surface area contributed by atoms with Gasteiger partial charge in [0.2, 0.25) is 0 Å². The van der Waals surface area contributed by atoms with Crippen molar-refractivity contribution in [1.29, 1.82) is 0 Å². The highest BCUT2D eigenvalue weighted by Gasteiger charge is 2.43. The Morgan fingerprint density at radius 2 is 0.939 bits per heavy atom. The molecule has 0 saturated carbocycles. The van der Waals surface area contributed by atoms with Gasteiger partial charge in [-0.1, -0.05) is 110 Å². The van der Waals surface area contributed by atoms with E-state index < -0.39 is 17.4 Å². The zero-order chi connectivity index (χ0) is 24.6. The number of rotatable bonds is 24. The number of carbonyl (C=O) groups is 2. The van der Waals surface area contributed by atoms with Crippen LogP contribution in [-0.2, 0) is 19.1 Å². The van der Waals surface area contributed by atoms with Gasteiger partial charge in [-0.05, 0) is 32.6 Å². The molecule has 1 N–H and O–H groups in total. The van der Waals surface area contributed by atoms with Crippen molar-refractivity contribution in [2.45, 2.75) is 143 Å². The topological polar surface area (TPSA) is 72.8 Å². The van der Waals surface area contributed by atoms with Crippen LogP contribution in [0, 0.1) is 5.41 Å². The van der Waals surface area contributed by atoms with Gasteiger partial charge < -0.3 is 14.6 Å². The van der Waals surface area contributed by atoms with Crippen molar-refractivity contribution in [3.8, 4) is 0 Å². The zero-order valence-electron chi connectivity index (χ0n) is 22.1. The summed E-state index contributed by atoms with van der Waals surface area (Å²) in [6.45, 7) is 7.02. The summed E-state index contributed by atoms with van der Waals surface area (Å²) in [5, 5.41) is 8.95. The van der Waals surface area contributed by atoms with Crippen molar-refractivity contribution in [3.05, 3.63) is 0 Å². The number of ether oxygens (including phenoxy) is 2. The second-order valence-electron chi connectivity index (χ2n) is 9.73. The summed E-state index contributed by atoms with van der Waals surface area (Å²) >= 11 is 0. The first kappa shape index (κ1) is 31.9. The molecule has 0 bridgehead atoms. The summed E-state index contributed by atoms with van der Waals surface area (Å²) in [4.78, 5) is 25.7. The van der Waals surface area contributed by atoms with E-state index in [2.05, 4.69) is 13.8 Å². The first-order valence-electron chi connectivity index (χ1n) is 14.0. The van der Waals surface area contributed by atoms with Gasteiger partial charge in [0.05, 0.1) is 13.2 Å². The van der Waals surface area contributed by atoms with Crippen LogP contribution >= 0.6 is 0 Å². The first-order chi connectivity index (χ1) is 16.0. The molecule has 0 rings (SSSR count). The van der Waals surface area contributed by atoms with Crippen molar-refractivity contribution in [1.82, 2.24) is 0 Å². The van der Waals surface area contributed by atoms with Crippen LogP contribution in [0.25, 0.3) is 0 Å². The Morgan fingerprint density at radius 3 is 1.36 bits per heavy atom. The Hall–Kier alpha value is -1.10. The number of aliphatic hydroxyl groups excluding tert-OH is 1. The molecular weight excluding hydrogens is 416 g/mol. The number of esters is 2. The van der Waals surface area contributed by atoms with Crippen LogP contribution in [0.1, 0.15) is 143 Å². The maximum absolute atomic E-state index is 12.9. The third-order valence-electron chi connectivity index (χ3n) is 6.45. The summed E-state index contributed by atoms with van der Waals surface area (Å²) in [5.41, 5.74) is -1.23. The summed E-state index contributed by atoms with van der Waals surface area (Å²) < 4.78 is 11.1. The maximum Gasteiger partial charge on any atom is 0.323 e. The zero-order valence-corrected chi connectivity index (χ0v) is 22.1. The van der Waals surface area contributed by atoms with E-state index in [0.717, 1.165) is 57.8 Å². The van der Waals surface area contributed by atoms with Crippen molar-refractivity contribution >= 4 is 11.9 Å². The average molecular weight is 471 g/mol. The summed E-state index contributed by atoms with van der Waals surface area (Å²) in [6, 6.07) is 0. The van der Waals surface area contributed by atoms with Crippen molar-refractivity contribution in [3.63, 3.8) is 0 Å². The fraction of sp³-hybridized carbons (Fsp3) is 0.929. The van der Waals surface area contributed by atoms with Crippen LogP contribution in [-0.4, -0.2) is 36.9 Å². The molecule has 0 aliphatic rings. The van der Waals surface area contributed by atoms with Crippen LogP contribution in [0.5, 0.6) is 0 Å². The second kappa shape index (κ2) is 22.7. The van der Waals surface area contributed by atoms with Gasteiger partial charge in [0.15, 0.2) is 5.41 Å². The largest absolute Gasteiger partial charge is 0.465 e. The Kier molecular flexibility index (Phi) is 21.9. The molecule has 0 fully saturated rings. The van der Waals surface area contributed by atoms with Gasteiger partial charge in [-0.25, -0.2) is 0 Å². The van der Waals surface area contributed by atoms with Gasteiger partial charge in [0.1, 0.15) is 0 Å². The Bertz CT molecular complexity index is 465. The molecule has 5 nitrogen and oxygen atoms in total. The minimum absolute atomic E-state index is 0.179. The quantitative estimate of drug-likeness (QED) is 0.0897. The molecule has 196 valence electrons. The molecule has 1 atom stereocenters. The predicted octanol–water partition coefficient (Wildman–Crippen LogP) is 7.52. The Balaban J connectivity index is 4.41. The number of carbonyl (C=O) groups excluding carboxylic acids is 2. The van der Waals surface area contributed by atoms with Gasteiger partial charge in [-0.2, -0.15) is 0 Å². The van der Waals surface area contributed by atoms with E-state index in [-0.39, 0.29) is 6.61 Å². The minimum Gasteiger partial charge on any atom is -0.465 e. The minimum atomic E-state index is -1.23. The van der Waals surface area contributed by atoms with Gasteiger partial charge in [-0.3, -0.25) is 9.59 Å². The molecule has 0 radical (unpaired) electrons. The molecule has 0 aliphatic heterocycles. The molecule has 0 aliphatic carbocycles. The van der Waals surface area contributed by atoms with Crippen LogP contribution < -0.4 is 0 Å². The molecule has 33 heavy (non-hydrogen) atoms. The molecule has 0 aromatic heterocycles. The normalized spacial score (nSPS) is 13.0. The van der Waals surface area contributed by atoms with Crippen molar-refractivity contribution < 1.29 is 24.2 Å². The summed E-state index contributed by atoms with van der Waals surface area (Å²) in [5.74, 6) is -0.889. The van der Waals surface area contributed by atoms with E-state index in [1.807, 2.05) is 0 Å². The maximum atomic E-state index is 12.9. The van der Waals surface area contributed by atoms with Crippen LogP contribution in [0.2, 0.25) is 0 Å².